The topological polar surface area (TPSA) is 87.2 Å². The van der Waals surface area contributed by atoms with Crippen LogP contribution in [0.2, 0.25) is 0 Å². The van der Waals surface area contributed by atoms with Crippen molar-refractivity contribution in [2.45, 2.75) is 26.7 Å². The van der Waals surface area contributed by atoms with Crippen molar-refractivity contribution in [1.29, 1.82) is 0 Å². The van der Waals surface area contributed by atoms with E-state index in [0.29, 0.717) is 11.7 Å². The summed E-state index contributed by atoms with van der Waals surface area (Å²) in [4.78, 5) is 34.0. The minimum absolute atomic E-state index is 0.0992. The Labute approximate surface area is 187 Å². The lowest BCUT2D eigenvalue weighted by Gasteiger charge is -2.32. The molecule has 1 fully saturated rings. The summed E-state index contributed by atoms with van der Waals surface area (Å²) in [6, 6.07) is 17.6. The highest BCUT2D eigenvalue weighted by Crippen LogP contribution is 2.26. The van der Waals surface area contributed by atoms with Crippen molar-refractivity contribution in [1.82, 2.24) is 9.97 Å². The van der Waals surface area contributed by atoms with Gasteiger partial charge in [-0.25, -0.2) is 9.97 Å². The first-order valence-electron chi connectivity index (χ1n) is 10.8. The van der Waals surface area contributed by atoms with Crippen LogP contribution in [0, 0.1) is 5.92 Å². The fourth-order valence-corrected chi connectivity index (χ4v) is 3.94. The van der Waals surface area contributed by atoms with Gasteiger partial charge >= 0.3 is 0 Å². The van der Waals surface area contributed by atoms with E-state index < -0.39 is 0 Å². The second-order valence-corrected chi connectivity index (χ2v) is 8.07. The van der Waals surface area contributed by atoms with Gasteiger partial charge in [-0.05, 0) is 62.2 Å². The smallest absolute Gasteiger partial charge is 0.227 e. The number of hydrogen-bond acceptors (Lipinski definition) is 6. The second-order valence-electron chi connectivity index (χ2n) is 8.07. The molecule has 2 heterocycles. The van der Waals surface area contributed by atoms with Gasteiger partial charge in [-0.3, -0.25) is 9.59 Å². The first-order valence-corrected chi connectivity index (χ1v) is 10.8. The van der Waals surface area contributed by atoms with Gasteiger partial charge in [0.05, 0.1) is 5.69 Å². The first kappa shape index (κ1) is 21.5. The van der Waals surface area contributed by atoms with Crippen molar-refractivity contribution in [3.05, 3.63) is 60.8 Å². The molecule has 164 valence electrons. The minimum atomic E-state index is -0.0992. The molecule has 3 aromatic rings. The predicted octanol–water partition coefficient (Wildman–Crippen LogP) is 4.65. The van der Waals surface area contributed by atoms with Crippen LogP contribution in [0.4, 0.5) is 23.0 Å². The SMILES string of the molecule is CC(=O)Nc1ccc(-c2ccnc(Nc3ccc(N4CCC(C(C)=O)CC4)cc3)n2)cc1. The molecule has 1 aromatic heterocycles. The summed E-state index contributed by atoms with van der Waals surface area (Å²) in [5, 5.41) is 6.02. The third kappa shape index (κ3) is 5.29. The van der Waals surface area contributed by atoms with Crippen LogP contribution in [0.3, 0.4) is 0 Å². The Morgan fingerprint density at radius 3 is 2.19 bits per heavy atom. The zero-order chi connectivity index (χ0) is 22.5. The van der Waals surface area contributed by atoms with Gasteiger partial charge in [-0.15, -0.1) is 0 Å². The number of piperidine rings is 1. The van der Waals surface area contributed by atoms with Crippen LogP contribution in [0.5, 0.6) is 0 Å². The highest BCUT2D eigenvalue weighted by molar-refractivity contribution is 5.88. The first-order chi connectivity index (χ1) is 15.5. The van der Waals surface area contributed by atoms with Gasteiger partial charge in [0.25, 0.3) is 0 Å². The molecule has 0 unspecified atom stereocenters. The summed E-state index contributed by atoms with van der Waals surface area (Å²) < 4.78 is 0. The molecule has 7 heteroatoms. The maximum Gasteiger partial charge on any atom is 0.227 e. The molecule has 7 nitrogen and oxygen atoms in total. The molecule has 2 aromatic carbocycles. The Kier molecular flexibility index (Phi) is 6.44. The summed E-state index contributed by atoms with van der Waals surface area (Å²) in [5.41, 5.74) is 4.55. The lowest BCUT2D eigenvalue weighted by molar-refractivity contribution is -0.121. The van der Waals surface area contributed by atoms with Crippen molar-refractivity contribution in [2.75, 3.05) is 28.6 Å². The lowest BCUT2D eigenvalue weighted by Crippen LogP contribution is -2.35. The highest BCUT2D eigenvalue weighted by Gasteiger charge is 2.22. The number of carbonyl (C=O) groups is 2. The van der Waals surface area contributed by atoms with Gasteiger partial charge in [0.1, 0.15) is 5.78 Å². The summed E-state index contributed by atoms with van der Waals surface area (Å²) in [5.74, 6) is 0.926. The van der Waals surface area contributed by atoms with Crippen LogP contribution in [0.25, 0.3) is 11.3 Å². The Morgan fingerprint density at radius 1 is 0.906 bits per heavy atom. The zero-order valence-corrected chi connectivity index (χ0v) is 18.3. The maximum atomic E-state index is 11.6. The molecule has 0 radical (unpaired) electrons. The van der Waals surface area contributed by atoms with Gasteiger partial charge < -0.3 is 15.5 Å². The summed E-state index contributed by atoms with van der Waals surface area (Å²) in [6.07, 6.45) is 3.56. The number of aromatic nitrogens is 2. The number of ketones is 1. The number of rotatable bonds is 6. The van der Waals surface area contributed by atoms with E-state index in [1.807, 2.05) is 42.5 Å². The molecular formula is C25H27N5O2. The lowest BCUT2D eigenvalue weighted by atomic mass is 9.93. The van der Waals surface area contributed by atoms with Crippen LogP contribution in [-0.4, -0.2) is 34.7 Å². The molecule has 4 rings (SSSR count). The quantitative estimate of drug-likeness (QED) is 0.593. The molecule has 1 saturated heterocycles. The van der Waals surface area contributed by atoms with Crippen LogP contribution >= 0.6 is 0 Å². The van der Waals surface area contributed by atoms with E-state index in [9.17, 15) is 9.59 Å². The van der Waals surface area contributed by atoms with E-state index in [0.717, 1.165) is 54.3 Å². The molecule has 32 heavy (non-hydrogen) atoms. The van der Waals surface area contributed by atoms with E-state index in [-0.39, 0.29) is 11.8 Å². The Morgan fingerprint density at radius 2 is 1.56 bits per heavy atom. The molecule has 0 saturated carbocycles. The molecule has 1 aliphatic heterocycles. The average Bonchev–Trinajstić information content (AvgIpc) is 2.80. The third-order valence-electron chi connectivity index (χ3n) is 5.72. The molecular weight excluding hydrogens is 402 g/mol. The van der Waals surface area contributed by atoms with E-state index in [1.165, 1.54) is 6.92 Å². The number of amides is 1. The molecule has 0 spiro atoms. The molecule has 2 N–H and O–H groups in total. The fourth-order valence-electron chi connectivity index (χ4n) is 3.94. The van der Waals surface area contributed by atoms with Crippen molar-refractivity contribution < 1.29 is 9.59 Å². The monoisotopic (exact) mass is 429 g/mol. The van der Waals surface area contributed by atoms with Gasteiger partial charge in [0.2, 0.25) is 11.9 Å². The largest absolute Gasteiger partial charge is 0.371 e. The Bertz CT molecular complexity index is 1090. The fraction of sp³-hybridized carbons (Fsp3) is 0.280. The van der Waals surface area contributed by atoms with Crippen molar-refractivity contribution in [3.63, 3.8) is 0 Å². The van der Waals surface area contributed by atoms with Crippen LogP contribution in [0.1, 0.15) is 26.7 Å². The summed E-state index contributed by atoms with van der Waals surface area (Å²) >= 11 is 0. The van der Waals surface area contributed by atoms with E-state index in [1.54, 1.807) is 13.1 Å². The molecule has 0 bridgehead atoms. The standard InChI is InChI=1S/C25H27N5O2/c1-17(31)19-12-15-30(16-13-19)23-9-7-22(8-10-23)28-25-26-14-11-24(29-25)20-3-5-21(6-4-20)27-18(2)32/h3-11,14,19H,12-13,15-16H2,1-2H3,(H,27,32)(H,26,28,29). The molecule has 0 atom stereocenters. The average molecular weight is 430 g/mol. The number of anilines is 4. The Hall–Kier alpha value is -3.74. The number of hydrogen-bond donors (Lipinski definition) is 2. The number of benzene rings is 2. The number of carbonyl (C=O) groups excluding carboxylic acids is 2. The minimum Gasteiger partial charge on any atom is -0.371 e. The van der Waals surface area contributed by atoms with Gasteiger partial charge in [0, 0.05) is 54.8 Å². The molecule has 1 aliphatic rings. The maximum absolute atomic E-state index is 11.6. The number of nitrogens with zero attached hydrogens (tertiary/aromatic N) is 3. The van der Waals surface area contributed by atoms with E-state index in [4.69, 9.17) is 0 Å². The number of nitrogens with one attached hydrogen (secondary N) is 2. The van der Waals surface area contributed by atoms with Gasteiger partial charge in [-0.1, -0.05) is 12.1 Å². The van der Waals surface area contributed by atoms with Crippen LogP contribution in [-0.2, 0) is 9.59 Å². The zero-order valence-electron chi connectivity index (χ0n) is 18.3. The number of Topliss-reactive ketones (excluding diaryl/α,β-unsaturated/α-hetero) is 1. The Balaban J connectivity index is 1.40. The summed E-state index contributed by atoms with van der Waals surface area (Å²) in [6.45, 7) is 4.99. The third-order valence-corrected chi connectivity index (χ3v) is 5.72. The molecule has 1 amide bonds. The van der Waals surface area contributed by atoms with Crippen molar-refractivity contribution in [3.8, 4) is 11.3 Å². The van der Waals surface area contributed by atoms with Gasteiger partial charge in [-0.2, -0.15) is 0 Å². The van der Waals surface area contributed by atoms with E-state index >= 15 is 0 Å². The molecule has 0 aliphatic carbocycles. The van der Waals surface area contributed by atoms with E-state index in [2.05, 4.69) is 37.6 Å². The predicted molar refractivity (Wildman–Crippen MR) is 127 cm³/mol. The normalized spacial score (nSPS) is 14.1. The van der Waals surface area contributed by atoms with Crippen LogP contribution in [0.15, 0.2) is 60.8 Å². The van der Waals surface area contributed by atoms with Crippen LogP contribution < -0.4 is 15.5 Å². The van der Waals surface area contributed by atoms with Crippen molar-refractivity contribution >= 4 is 34.7 Å². The van der Waals surface area contributed by atoms with Crippen molar-refractivity contribution in [2.24, 2.45) is 5.92 Å². The highest BCUT2D eigenvalue weighted by atomic mass is 16.1. The van der Waals surface area contributed by atoms with Gasteiger partial charge in [0.15, 0.2) is 0 Å². The second kappa shape index (κ2) is 9.60. The summed E-state index contributed by atoms with van der Waals surface area (Å²) in [7, 11) is 0.